The van der Waals surface area contributed by atoms with E-state index in [1.54, 1.807) is 0 Å². The van der Waals surface area contributed by atoms with Crippen molar-refractivity contribution in [3.05, 3.63) is 0 Å². The Morgan fingerprint density at radius 2 is 1.80 bits per heavy atom. The third kappa shape index (κ3) is 7.96. The molecule has 0 amide bonds. The summed E-state index contributed by atoms with van der Waals surface area (Å²) in [4.78, 5) is 0. The quantitative estimate of drug-likeness (QED) is 0.732. The van der Waals surface area contributed by atoms with Crippen molar-refractivity contribution in [2.45, 2.75) is 39.1 Å². The summed E-state index contributed by atoms with van der Waals surface area (Å²) in [7, 11) is 0. The van der Waals surface area contributed by atoms with E-state index in [1.165, 1.54) is 0 Å². The molecule has 5 heteroatoms. The predicted octanol–water partition coefficient (Wildman–Crippen LogP) is 3.66. The zero-order valence-corrected chi connectivity index (χ0v) is 10.4. The van der Waals surface area contributed by atoms with Crippen LogP contribution in [-0.2, 0) is 0 Å². The standard InChI is InChI=1S/C10H20F3NS/c1-4-9(3,8-14-5-2)6-7-15-10(11,12)13/h14H,4-8H2,1-3H3. The number of hydrogen-bond donors (Lipinski definition) is 1. The summed E-state index contributed by atoms with van der Waals surface area (Å²) in [6.07, 6.45) is 1.50. The fourth-order valence-electron chi connectivity index (χ4n) is 1.23. The number of nitrogens with one attached hydrogen (secondary N) is 1. The molecule has 0 aromatic rings. The van der Waals surface area contributed by atoms with Gasteiger partial charge in [-0.05, 0) is 24.8 Å². The lowest BCUT2D eigenvalue weighted by atomic mass is 9.85. The van der Waals surface area contributed by atoms with Gasteiger partial charge in [-0.2, -0.15) is 13.2 Å². The van der Waals surface area contributed by atoms with Crippen molar-refractivity contribution in [2.24, 2.45) is 5.41 Å². The normalized spacial score (nSPS) is 16.4. The van der Waals surface area contributed by atoms with Gasteiger partial charge in [0.05, 0.1) is 0 Å². The first-order valence-corrected chi connectivity index (χ1v) is 6.23. The number of thioether (sulfide) groups is 1. The Morgan fingerprint density at radius 1 is 1.20 bits per heavy atom. The van der Waals surface area contributed by atoms with Crippen LogP contribution in [0.1, 0.15) is 33.6 Å². The number of halogens is 3. The molecule has 0 aliphatic carbocycles. The lowest BCUT2D eigenvalue weighted by molar-refractivity contribution is -0.0329. The van der Waals surface area contributed by atoms with Crippen LogP contribution in [0.5, 0.6) is 0 Å². The molecule has 0 saturated heterocycles. The highest BCUT2D eigenvalue weighted by atomic mass is 32.2. The minimum Gasteiger partial charge on any atom is -0.316 e. The van der Waals surface area contributed by atoms with Crippen molar-refractivity contribution in [3.63, 3.8) is 0 Å². The minimum absolute atomic E-state index is 0.0196. The second-order valence-corrected chi connectivity index (χ2v) is 5.15. The molecule has 92 valence electrons. The summed E-state index contributed by atoms with van der Waals surface area (Å²) in [6.45, 7) is 7.71. The molecule has 0 spiro atoms. The van der Waals surface area contributed by atoms with Gasteiger partial charge >= 0.3 is 5.51 Å². The second-order valence-electron chi connectivity index (χ2n) is 3.99. The van der Waals surface area contributed by atoms with Gasteiger partial charge in [-0.1, -0.05) is 32.5 Å². The zero-order valence-electron chi connectivity index (χ0n) is 9.58. The summed E-state index contributed by atoms with van der Waals surface area (Å²) in [5.74, 6) is 0.152. The van der Waals surface area contributed by atoms with Crippen LogP contribution in [0.2, 0.25) is 0 Å². The molecular formula is C10H20F3NS. The predicted molar refractivity (Wildman–Crippen MR) is 60.1 cm³/mol. The molecule has 0 rings (SSSR count). The Morgan fingerprint density at radius 3 is 2.20 bits per heavy atom. The first kappa shape index (κ1) is 15.1. The van der Waals surface area contributed by atoms with Crippen LogP contribution in [0, 0.1) is 5.41 Å². The molecule has 0 aliphatic rings. The van der Waals surface area contributed by atoms with Gasteiger partial charge in [0.25, 0.3) is 0 Å². The highest BCUT2D eigenvalue weighted by Crippen LogP contribution is 2.34. The van der Waals surface area contributed by atoms with Gasteiger partial charge in [0, 0.05) is 12.3 Å². The number of hydrogen-bond acceptors (Lipinski definition) is 2. The molecule has 1 N–H and O–H groups in total. The van der Waals surface area contributed by atoms with Crippen LogP contribution in [0.4, 0.5) is 13.2 Å². The fourth-order valence-corrected chi connectivity index (χ4v) is 2.06. The van der Waals surface area contributed by atoms with Gasteiger partial charge in [0.1, 0.15) is 0 Å². The molecule has 1 atom stereocenters. The van der Waals surface area contributed by atoms with Crippen LogP contribution in [0.15, 0.2) is 0 Å². The highest BCUT2D eigenvalue weighted by molar-refractivity contribution is 8.00. The molecule has 0 saturated carbocycles. The highest BCUT2D eigenvalue weighted by Gasteiger charge is 2.30. The van der Waals surface area contributed by atoms with Crippen LogP contribution in [0.3, 0.4) is 0 Å². The van der Waals surface area contributed by atoms with E-state index >= 15 is 0 Å². The fraction of sp³-hybridized carbons (Fsp3) is 1.00. The molecular weight excluding hydrogens is 223 g/mol. The van der Waals surface area contributed by atoms with Crippen molar-refractivity contribution < 1.29 is 13.2 Å². The Hall–Kier alpha value is 0.100. The van der Waals surface area contributed by atoms with Crippen molar-refractivity contribution >= 4 is 11.8 Å². The van der Waals surface area contributed by atoms with E-state index < -0.39 is 5.51 Å². The summed E-state index contributed by atoms with van der Waals surface area (Å²) >= 11 is 0.0815. The average Bonchev–Trinajstić information content (AvgIpc) is 2.13. The van der Waals surface area contributed by atoms with E-state index in [1.807, 2.05) is 20.8 Å². The SMILES string of the molecule is CCNCC(C)(CC)CCSC(F)(F)F. The Labute approximate surface area is 94.2 Å². The Kier molecular flexibility index (Phi) is 6.68. The van der Waals surface area contributed by atoms with E-state index in [4.69, 9.17) is 0 Å². The van der Waals surface area contributed by atoms with E-state index in [2.05, 4.69) is 5.32 Å². The molecule has 0 bridgehead atoms. The van der Waals surface area contributed by atoms with Gasteiger partial charge in [-0.15, -0.1) is 0 Å². The maximum absolute atomic E-state index is 11.9. The monoisotopic (exact) mass is 243 g/mol. The lowest BCUT2D eigenvalue weighted by Gasteiger charge is -2.28. The van der Waals surface area contributed by atoms with Crippen molar-refractivity contribution in [2.75, 3.05) is 18.8 Å². The molecule has 0 aromatic heterocycles. The zero-order chi connectivity index (χ0) is 11.9. The lowest BCUT2D eigenvalue weighted by Crippen LogP contribution is -2.32. The Bertz CT molecular complexity index is 173. The largest absolute Gasteiger partial charge is 0.441 e. The number of alkyl halides is 3. The van der Waals surface area contributed by atoms with Gasteiger partial charge in [0.15, 0.2) is 0 Å². The molecule has 0 aromatic carbocycles. The first-order chi connectivity index (χ1) is 6.83. The van der Waals surface area contributed by atoms with E-state index in [9.17, 15) is 13.2 Å². The topological polar surface area (TPSA) is 12.0 Å². The van der Waals surface area contributed by atoms with Crippen LogP contribution in [-0.4, -0.2) is 24.4 Å². The molecule has 0 aliphatic heterocycles. The first-order valence-electron chi connectivity index (χ1n) is 5.24. The van der Waals surface area contributed by atoms with Crippen LogP contribution in [0.25, 0.3) is 0 Å². The third-order valence-electron chi connectivity index (χ3n) is 2.63. The molecule has 15 heavy (non-hydrogen) atoms. The summed E-state index contributed by atoms with van der Waals surface area (Å²) in [5.41, 5.74) is -4.11. The van der Waals surface area contributed by atoms with E-state index in [-0.39, 0.29) is 22.9 Å². The second kappa shape index (κ2) is 6.63. The summed E-state index contributed by atoms with van der Waals surface area (Å²) in [5, 5.41) is 3.20. The van der Waals surface area contributed by atoms with Crippen LogP contribution < -0.4 is 5.32 Å². The van der Waals surface area contributed by atoms with Crippen molar-refractivity contribution in [1.82, 2.24) is 5.32 Å². The van der Waals surface area contributed by atoms with E-state index in [0.29, 0.717) is 6.42 Å². The smallest absolute Gasteiger partial charge is 0.316 e. The van der Waals surface area contributed by atoms with Gasteiger partial charge in [-0.25, -0.2) is 0 Å². The molecule has 0 fully saturated rings. The molecule has 0 heterocycles. The minimum atomic E-state index is -4.09. The third-order valence-corrected chi connectivity index (χ3v) is 3.36. The van der Waals surface area contributed by atoms with Crippen LogP contribution >= 0.6 is 11.8 Å². The van der Waals surface area contributed by atoms with E-state index in [0.717, 1.165) is 19.5 Å². The van der Waals surface area contributed by atoms with Gasteiger partial charge in [0.2, 0.25) is 0 Å². The van der Waals surface area contributed by atoms with Gasteiger partial charge < -0.3 is 5.32 Å². The van der Waals surface area contributed by atoms with Crippen molar-refractivity contribution in [1.29, 1.82) is 0 Å². The van der Waals surface area contributed by atoms with Crippen molar-refractivity contribution in [3.8, 4) is 0 Å². The number of rotatable bonds is 7. The summed E-state index contributed by atoms with van der Waals surface area (Å²) < 4.78 is 35.8. The summed E-state index contributed by atoms with van der Waals surface area (Å²) in [6, 6.07) is 0. The van der Waals surface area contributed by atoms with Gasteiger partial charge in [-0.3, -0.25) is 0 Å². The molecule has 0 radical (unpaired) electrons. The Balaban J connectivity index is 3.87. The maximum Gasteiger partial charge on any atom is 0.441 e. The molecule has 1 unspecified atom stereocenters. The average molecular weight is 243 g/mol. The molecule has 1 nitrogen and oxygen atoms in total. The maximum atomic E-state index is 11.9.